The number of carbonyl (C=O) groups is 1. The van der Waals surface area contributed by atoms with E-state index in [1.807, 2.05) is 31.2 Å². The van der Waals surface area contributed by atoms with E-state index in [0.717, 1.165) is 5.56 Å². The zero-order chi connectivity index (χ0) is 19.7. The highest BCUT2D eigenvalue weighted by Crippen LogP contribution is 2.34. The minimum absolute atomic E-state index is 0.0947. The maximum atomic E-state index is 13.9. The summed E-state index contributed by atoms with van der Waals surface area (Å²) in [6.07, 6.45) is 0.240. The zero-order valence-electron chi connectivity index (χ0n) is 15.7. The molecule has 4 rings (SSSR count). The average molecular weight is 381 g/mol. The highest BCUT2D eigenvalue weighted by Gasteiger charge is 2.35. The Morgan fingerprint density at radius 3 is 2.89 bits per heavy atom. The van der Waals surface area contributed by atoms with E-state index in [1.54, 1.807) is 24.0 Å². The maximum absolute atomic E-state index is 13.9. The van der Waals surface area contributed by atoms with E-state index in [2.05, 4.69) is 10.1 Å². The topological polar surface area (TPSA) is 68.5 Å². The Balaban J connectivity index is 1.57. The number of aromatic nitrogens is 2. The summed E-state index contributed by atoms with van der Waals surface area (Å²) in [7, 11) is 0. The predicted octanol–water partition coefficient (Wildman–Crippen LogP) is 4.10. The van der Waals surface area contributed by atoms with Crippen LogP contribution in [0.3, 0.4) is 0 Å². The van der Waals surface area contributed by atoms with E-state index < -0.39 is 0 Å². The summed E-state index contributed by atoms with van der Waals surface area (Å²) in [6, 6.07) is 12.3. The highest BCUT2D eigenvalue weighted by molar-refractivity contribution is 5.96. The van der Waals surface area contributed by atoms with Crippen molar-refractivity contribution >= 4 is 11.6 Å². The lowest BCUT2D eigenvalue weighted by Gasteiger charge is -2.16. The van der Waals surface area contributed by atoms with Gasteiger partial charge in [-0.1, -0.05) is 23.4 Å². The van der Waals surface area contributed by atoms with Crippen molar-refractivity contribution in [3.63, 3.8) is 0 Å². The molecule has 1 aliphatic rings. The normalized spacial score (nSPS) is 16.6. The van der Waals surface area contributed by atoms with Crippen LogP contribution < -0.4 is 9.64 Å². The van der Waals surface area contributed by atoms with Gasteiger partial charge in [0, 0.05) is 18.7 Å². The van der Waals surface area contributed by atoms with Crippen LogP contribution in [0.1, 0.15) is 30.7 Å². The standard InChI is InChI=1S/C21H20FN3O3/c1-3-27-18-7-5-4-6-16(18)20-23-21(28-24-20)14-10-19(26)25(12-14)15-9-8-13(2)17(22)11-15/h4-9,11,14H,3,10,12H2,1-2H3. The second-order valence-corrected chi connectivity index (χ2v) is 6.72. The van der Waals surface area contributed by atoms with Crippen molar-refractivity contribution < 1.29 is 18.4 Å². The molecule has 1 aliphatic heterocycles. The lowest BCUT2D eigenvalue weighted by atomic mass is 10.1. The number of halogens is 1. The molecule has 7 heteroatoms. The fraction of sp³-hybridized carbons (Fsp3) is 0.286. The summed E-state index contributed by atoms with van der Waals surface area (Å²) in [5.74, 6) is 0.828. The summed E-state index contributed by atoms with van der Waals surface area (Å²) in [6.45, 7) is 4.50. The van der Waals surface area contributed by atoms with Gasteiger partial charge in [-0.05, 0) is 43.7 Å². The molecule has 28 heavy (non-hydrogen) atoms. The fourth-order valence-corrected chi connectivity index (χ4v) is 3.32. The van der Waals surface area contributed by atoms with Gasteiger partial charge >= 0.3 is 0 Å². The van der Waals surface area contributed by atoms with Crippen LogP contribution in [-0.2, 0) is 4.79 Å². The number of nitrogens with zero attached hydrogens (tertiary/aromatic N) is 3. The number of amides is 1. The molecule has 1 amide bonds. The number of rotatable bonds is 5. The van der Waals surface area contributed by atoms with Crippen LogP contribution in [-0.4, -0.2) is 29.2 Å². The first kappa shape index (κ1) is 18.2. The first-order valence-corrected chi connectivity index (χ1v) is 9.19. The van der Waals surface area contributed by atoms with Crippen LogP contribution in [0.5, 0.6) is 5.75 Å². The van der Waals surface area contributed by atoms with Crippen molar-refractivity contribution in [2.24, 2.45) is 0 Å². The molecule has 144 valence electrons. The van der Waals surface area contributed by atoms with Gasteiger partial charge < -0.3 is 14.2 Å². The second-order valence-electron chi connectivity index (χ2n) is 6.72. The molecule has 0 bridgehead atoms. The van der Waals surface area contributed by atoms with Crippen LogP contribution in [0.2, 0.25) is 0 Å². The van der Waals surface area contributed by atoms with E-state index in [-0.39, 0.29) is 24.1 Å². The number of para-hydroxylation sites is 1. The minimum Gasteiger partial charge on any atom is -0.493 e. The quantitative estimate of drug-likeness (QED) is 0.665. The van der Waals surface area contributed by atoms with Crippen molar-refractivity contribution in [1.29, 1.82) is 0 Å². The van der Waals surface area contributed by atoms with Crippen LogP contribution in [0.4, 0.5) is 10.1 Å². The molecule has 2 aromatic carbocycles. The molecule has 0 saturated carbocycles. The van der Waals surface area contributed by atoms with Gasteiger partial charge in [0.2, 0.25) is 17.6 Å². The van der Waals surface area contributed by atoms with Crippen molar-refractivity contribution in [2.45, 2.75) is 26.2 Å². The molecule has 1 fully saturated rings. The molecule has 1 unspecified atom stereocenters. The smallest absolute Gasteiger partial charge is 0.232 e. The minimum atomic E-state index is -0.332. The number of hydrogen-bond donors (Lipinski definition) is 0. The van der Waals surface area contributed by atoms with Crippen molar-refractivity contribution in [3.8, 4) is 17.1 Å². The van der Waals surface area contributed by atoms with Gasteiger partial charge in [-0.2, -0.15) is 4.98 Å². The molecule has 0 radical (unpaired) electrons. The molecule has 0 N–H and O–H groups in total. The third kappa shape index (κ3) is 3.35. The molecular weight excluding hydrogens is 361 g/mol. The van der Waals surface area contributed by atoms with Crippen LogP contribution >= 0.6 is 0 Å². The summed E-state index contributed by atoms with van der Waals surface area (Å²) in [5, 5.41) is 4.07. The third-order valence-corrected chi connectivity index (χ3v) is 4.81. The summed E-state index contributed by atoms with van der Waals surface area (Å²) >= 11 is 0. The Hall–Kier alpha value is -3.22. The monoisotopic (exact) mass is 381 g/mol. The SMILES string of the molecule is CCOc1ccccc1-c1noc(C2CC(=O)N(c3ccc(C)c(F)c3)C2)n1. The van der Waals surface area contributed by atoms with E-state index in [1.165, 1.54) is 6.07 Å². The third-order valence-electron chi connectivity index (χ3n) is 4.81. The number of hydrogen-bond acceptors (Lipinski definition) is 5. The number of ether oxygens (including phenoxy) is 1. The van der Waals surface area contributed by atoms with Crippen molar-refractivity contribution in [3.05, 3.63) is 59.7 Å². The lowest BCUT2D eigenvalue weighted by molar-refractivity contribution is -0.117. The Morgan fingerprint density at radius 2 is 2.11 bits per heavy atom. The number of anilines is 1. The predicted molar refractivity (Wildman–Crippen MR) is 102 cm³/mol. The molecular formula is C21H20FN3O3. The van der Waals surface area contributed by atoms with Gasteiger partial charge in [0.05, 0.1) is 18.1 Å². The van der Waals surface area contributed by atoms with E-state index in [9.17, 15) is 9.18 Å². The zero-order valence-corrected chi connectivity index (χ0v) is 15.7. The second kappa shape index (κ2) is 7.42. The fourth-order valence-electron chi connectivity index (χ4n) is 3.32. The Kier molecular flexibility index (Phi) is 4.81. The van der Waals surface area contributed by atoms with E-state index >= 15 is 0 Å². The Bertz CT molecular complexity index is 1020. The molecule has 1 saturated heterocycles. The molecule has 0 spiro atoms. The van der Waals surface area contributed by atoms with Gasteiger partial charge in [-0.3, -0.25) is 4.79 Å². The Labute approximate surface area is 161 Å². The van der Waals surface area contributed by atoms with Crippen LogP contribution in [0, 0.1) is 12.7 Å². The first-order chi connectivity index (χ1) is 13.6. The van der Waals surface area contributed by atoms with Crippen molar-refractivity contribution in [1.82, 2.24) is 10.1 Å². The van der Waals surface area contributed by atoms with Crippen molar-refractivity contribution in [2.75, 3.05) is 18.1 Å². The molecule has 6 nitrogen and oxygen atoms in total. The summed E-state index contributed by atoms with van der Waals surface area (Å²) in [4.78, 5) is 18.5. The average Bonchev–Trinajstić information content (AvgIpc) is 3.32. The highest BCUT2D eigenvalue weighted by atomic mass is 19.1. The number of benzene rings is 2. The largest absolute Gasteiger partial charge is 0.493 e. The van der Waals surface area contributed by atoms with Crippen LogP contribution in [0.25, 0.3) is 11.4 Å². The van der Waals surface area contributed by atoms with E-state index in [0.29, 0.717) is 41.9 Å². The lowest BCUT2D eigenvalue weighted by Crippen LogP contribution is -2.24. The van der Waals surface area contributed by atoms with Gasteiger partial charge in [0.15, 0.2) is 0 Å². The molecule has 2 heterocycles. The van der Waals surface area contributed by atoms with Gasteiger partial charge in [-0.15, -0.1) is 0 Å². The molecule has 1 aromatic heterocycles. The van der Waals surface area contributed by atoms with Crippen LogP contribution in [0.15, 0.2) is 47.0 Å². The number of carbonyl (C=O) groups excluding carboxylic acids is 1. The van der Waals surface area contributed by atoms with E-state index in [4.69, 9.17) is 9.26 Å². The maximum Gasteiger partial charge on any atom is 0.232 e. The molecule has 3 aromatic rings. The van der Waals surface area contributed by atoms with Gasteiger partial charge in [0.1, 0.15) is 11.6 Å². The number of aryl methyl sites for hydroxylation is 1. The Morgan fingerprint density at radius 1 is 1.29 bits per heavy atom. The first-order valence-electron chi connectivity index (χ1n) is 9.19. The summed E-state index contributed by atoms with van der Waals surface area (Å²) in [5.41, 5.74) is 1.82. The summed E-state index contributed by atoms with van der Waals surface area (Å²) < 4.78 is 24.9. The van der Waals surface area contributed by atoms with Gasteiger partial charge in [0.25, 0.3) is 0 Å². The molecule has 0 aliphatic carbocycles. The molecule has 1 atom stereocenters. The van der Waals surface area contributed by atoms with Gasteiger partial charge in [-0.25, -0.2) is 4.39 Å².